The van der Waals surface area contributed by atoms with Crippen molar-refractivity contribution < 1.29 is 13.2 Å². The molecule has 0 spiro atoms. The second kappa shape index (κ2) is 7.41. The van der Waals surface area contributed by atoms with E-state index in [9.17, 15) is 13.2 Å². The van der Waals surface area contributed by atoms with Crippen LogP contribution in [0, 0.1) is 0 Å². The molecule has 142 valence electrons. The second-order valence-corrected chi connectivity index (χ2v) is 9.37. The summed E-state index contributed by atoms with van der Waals surface area (Å²) in [6.07, 6.45) is 9.61. The first-order chi connectivity index (χ1) is 13.0. The van der Waals surface area contributed by atoms with Crippen LogP contribution in [0.3, 0.4) is 0 Å². The van der Waals surface area contributed by atoms with E-state index in [1.165, 1.54) is 40.8 Å². The lowest BCUT2D eigenvalue weighted by Gasteiger charge is -2.07. The topological polar surface area (TPSA) is 104 Å². The predicted molar refractivity (Wildman–Crippen MR) is 104 cm³/mol. The Hall–Kier alpha value is -2.23. The molecule has 1 aliphatic carbocycles. The summed E-state index contributed by atoms with van der Waals surface area (Å²) in [7, 11) is -3.91. The number of sulfonamides is 1. The highest BCUT2D eigenvalue weighted by Crippen LogP contribution is 2.28. The lowest BCUT2D eigenvalue weighted by atomic mass is 10.00. The molecular formula is C18H20N4O3S2. The molecule has 3 aromatic rings. The number of rotatable bonds is 4. The zero-order valence-corrected chi connectivity index (χ0v) is 16.3. The summed E-state index contributed by atoms with van der Waals surface area (Å²) in [4.78, 5) is 23.4. The number of nitrogens with one attached hydrogen (secondary N) is 3. The first-order valence-electron chi connectivity index (χ1n) is 8.90. The van der Waals surface area contributed by atoms with Gasteiger partial charge in [-0.25, -0.2) is 13.4 Å². The molecule has 9 heteroatoms. The van der Waals surface area contributed by atoms with Crippen molar-refractivity contribution in [3.63, 3.8) is 0 Å². The molecule has 0 radical (unpaired) electrons. The highest BCUT2D eigenvalue weighted by atomic mass is 32.2. The van der Waals surface area contributed by atoms with Crippen molar-refractivity contribution in [2.45, 2.75) is 43.4 Å². The van der Waals surface area contributed by atoms with Gasteiger partial charge in [-0.1, -0.05) is 12.8 Å². The molecule has 0 bridgehead atoms. The van der Waals surface area contributed by atoms with Crippen molar-refractivity contribution in [2.24, 2.45) is 0 Å². The quantitative estimate of drug-likeness (QED) is 0.582. The largest absolute Gasteiger partial charge is 0.345 e. The molecule has 0 saturated carbocycles. The number of aromatic nitrogens is 2. The number of hydrogen-bond acceptors (Lipinski definition) is 5. The molecular weight excluding hydrogens is 384 g/mol. The normalized spacial score (nSPS) is 15.1. The van der Waals surface area contributed by atoms with Crippen LogP contribution in [0.25, 0.3) is 11.0 Å². The van der Waals surface area contributed by atoms with E-state index in [1.807, 2.05) is 6.07 Å². The van der Waals surface area contributed by atoms with E-state index >= 15 is 0 Å². The van der Waals surface area contributed by atoms with Gasteiger partial charge in [-0.3, -0.25) is 10.2 Å². The van der Waals surface area contributed by atoms with Gasteiger partial charge in [-0.2, -0.15) is 0 Å². The van der Waals surface area contributed by atoms with Crippen molar-refractivity contribution in [3.05, 3.63) is 45.9 Å². The number of amides is 1. The zero-order chi connectivity index (χ0) is 18.9. The van der Waals surface area contributed by atoms with Crippen LogP contribution in [-0.4, -0.2) is 24.3 Å². The van der Waals surface area contributed by atoms with E-state index in [-0.39, 0.29) is 4.90 Å². The molecule has 3 N–H and O–H groups in total. The van der Waals surface area contributed by atoms with Gasteiger partial charge in [-0.15, -0.1) is 16.2 Å². The smallest absolute Gasteiger partial charge is 0.276 e. The lowest BCUT2D eigenvalue weighted by Crippen LogP contribution is -2.41. The number of hydrazine groups is 1. The fraction of sp³-hybridized carbons (Fsp3) is 0.333. The molecule has 0 aromatic carbocycles. The molecule has 4 rings (SSSR count). The van der Waals surface area contributed by atoms with Crippen molar-refractivity contribution in [3.8, 4) is 0 Å². The van der Waals surface area contributed by atoms with Crippen molar-refractivity contribution >= 4 is 38.3 Å². The van der Waals surface area contributed by atoms with Gasteiger partial charge in [0, 0.05) is 22.7 Å². The number of aryl methyl sites for hydroxylation is 2. The van der Waals surface area contributed by atoms with Crippen molar-refractivity contribution in [2.75, 3.05) is 0 Å². The maximum absolute atomic E-state index is 12.6. The molecule has 3 aromatic heterocycles. The third kappa shape index (κ3) is 3.76. The zero-order valence-electron chi connectivity index (χ0n) is 14.6. The average Bonchev–Trinajstić information content (AvgIpc) is 3.24. The molecule has 7 nitrogen and oxygen atoms in total. The molecule has 1 amide bonds. The SMILES string of the molecule is O=C(NNS(=O)(=O)c1c[nH]c2ncccc12)c1cc2c(s1)CCCCCC2. The van der Waals surface area contributed by atoms with Gasteiger partial charge in [-0.05, 0) is 49.4 Å². The van der Waals surface area contributed by atoms with Gasteiger partial charge in [0.2, 0.25) is 0 Å². The number of hydrogen-bond donors (Lipinski definition) is 3. The van der Waals surface area contributed by atoms with Crippen LogP contribution < -0.4 is 10.3 Å². The number of fused-ring (bicyclic) bond motifs is 2. The standard InChI is InChI=1S/C18H20N4O3S2/c23-18(15-10-12-6-3-1-2-4-8-14(12)26-15)21-22-27(24,25)16-11-20-17-13(16)7-5-9-19-17/h5,7,9-11,22H,1-4,6,8H2,(H,19,20)(H,21,23). The first-order valence-corrected chi connectivity index (χ1v) is 11.2. The minimum Gasteiger partial charge on any atom is -0.345 e. The number of nitrogens with zero attached hydrogens (tertiary/aromatic N) is 1. The molecule has 0 saturated heterocycles. The summed E-state index contributed by atoms with van der Waals surface area (Å²) >= 11 is 1.45. The van der Waals surface area contributed by atoms with E-state index in [0.29, 0.717) is 15.9 Å². The number of carbonyl (C=O) groups is 1. The Bertz CT molecular complexity index is 1060. The Balaban J connectivity index is 1.49. The third-order valence-corrected chi connectivity index (χ3v) is 7.25. The number of carbonyl (C=O) groups excluding carboxylic acids is 1. The molecule has 1 aliphatic rings. The van der Waals surface area contributed by atoms with Crippen molar-refractivity contribution in [1.29, 1.82) is 0 Å². The van der Waals surface area contributed by atoms with Crippen LogP contribution in [0.4, 0.5) is 0 Å². The van der Waals surface area contributed by atoms with E-state index < -0.39 is 15.9 Å². The van der Waals surface area contributed by atoms with Gasteiger partial charge >= 0.3 is 0 Å². The number of pyridine rings is 1. The molecule has 0 unspecified atom stereocenters. The molecule has 27 heavy (non-hydrogen) atoms. The van der Waals surface area contributed by atoms with E-state index in [2.05, 4.69) is 20.2 Å². The molecule has 0 fully saturated rings. The van der Waals surface area contributed by atoms with Gasteiger partial charge in [0.05, 0.1) is 4.88 Å². The van der Waals surface area contributed by atoms with Gasteiger partial charge in [0.15, 0.2) is 0 Å². The van der Waals surface area contributed by atoms with Gasteiger partial charge < -0.3 is 4.98 Å². The molecule has 0 aliphatic heterocycles. The summed E-state index contributed by atoms with van der Waals surface area (Å²) in [6, 6.07) is 5.22. The second-order valence-electron chi connectivity index (χ2n) is 6.59. The fourth-order valence-electron chi connectivity index (χ4n) is 3.34. The van der Waals surface area contributed by atoms with Gasteiger partial charge in [0.1, 0.15) is 10.5 Å². The monoisotopic (exact) mass is 404 g/mol. The van der Waals surface area contributed by atoms with Crippen LogP contribution >= 0.6 is 11.3 Å². The average molecular weight is 405 g/mol. The summed E-state index contributed by atoms with van der Waals surface area (Å²) in [5.74, 6) is -0.437. The van der Waals surface area contributed by atoms with E-state index in [1.54, 1.807) is 18.3 Å². The molecule has 0 atom stereocenters. The highest BCUT2D eigenvalue weighted by molar-refractivity contribution is 7.89. The minimum atomic E-state index is -3.91. The summed E-state index contributed by atoms with van der Waals surface area (Å²) in [5, 5.41) is 0.471. The van der Waals surface area contributed by atoms with E-state index in [0.717, 1.165) is 25.7 Å². The summed E-state index contributed by atoms with van der Waals surface area (Å²) in [6.45, 7) is 0. The van der Waals surface area contributed by atoms with Crippen LogP contribution in [0.2, 0.25) is 0 Å². The third-order valence-electron chi connectivity index (χ3n) is 4.72. The van der Waals surface area contributed by atoms with Crippen molar-refractivity contribution in [1.82, 2.24) is 20.2 Å². The highest BCUT2D eigenvalue weighted by Gasteiger charge is 2.21. The number of H-pyrrole nitrogens is 1. The number of thiophene rings is 1. The maximum Gasteiger partial charge on any atom is 0.276 e. The lowest BCUT2D eigenvalue weighted by molar-refractivity contribution is 0.0949. The fourth-order valence-corrected chi connectivity index (χ4v) is 5.49. The van der Waals surface area contributed by atoms with Crippen LogP contribution in [0.5, 0.6) is 0 Å². The van der Waals surface area contributed by atoms with Gasteiger partial charge in [0.25, 0.3) is 15.9 Å². The predicted octanol–water partition coefficient (Wildman–Crippen LogP) is 2.91. The molecule has 3 heterocycles. The Morgan fingerprint density at radius 1 is 1.19 bits per heavy atom. The summed E-state index contributed by atoms with van der Waals surface area (Å²) in [5.41, 5.74) is 4.02. The van der Waals surface area contributed by atoms with Crippen LogP contribution in [-0.2, 0) is 22.9 Å². The number of aromatic amines is 1. The van der Waals surface area contributed by atoms with Crippen LogP contribution in [0.1, 0.15) is 45.8 Å². The van der Waals surface area contributed by atoms with Crippen LogP contribution in [0.15, 0.2) is 35.5 Å². The summed E-state index contributed by atoms with van der Waals surface area (Å²) < 4.78 is 25.1. The Kier molecular flexibility index (Phi) is 4.98. The minimum absolute atomic E-state index is 0.0457. The Morgan fingerprint density at radius 2 is 2.00 bits per heavy atom. The Labute approximate surface area is 161 Å². The van der Waals surface area contributed by atoms with E-state index in [4.69, 9.17) is 0 Å². The first kappa shape index (κ1) is 18.1. The Morgan fingerprint density at radius 3 is 2.85 bits per heavy atom. The maximum atomic E-state index is 12.6.